The summed E-state index contributed by atoms with van der Waals surface area (Å²) in [5.41, 5.74) is 41.5. The molecule has 0 N–H and O–H groups in total. The molecular weight excluding hydrogens is 1040 g/mol. The Hall–Kier alpha value is -9.36. The van der Waals surface area contributed by atoms with Crippen LogP contribution in [0.15, 0.2) is 243 Å². The van der Waals surface area contributed by atoms with Gasteiger partial charge in [0, 0.05) is 27.1 Å². The van der Waals surface area contributed by atoms with Crippen molar-refractivity contribution in [2.75, 3.05) is 0 Å². The van der Waals surface area contributed by atoms with Crippen LogP contribution in [0, 0.1) is 0 Å². The smallest absolute Gasteiger partial charge is 0.0159 e. The van der Waals surface area contributed by atoms with Crippen LogP contribution in [0.3, 0.4) is 0 Å². The summed E-state index contributed by atoms with van der Waals surface area (Å²) in [6, 6.07) is 94.1. The minimum Gasteiger partial charge on any atom is -0.0619 e. The van der Waals surface area contributed by atoms with E-state index in [0.29, 0.717) is 0 Å². The van der Waals surface area contributed by atoms with Crippen molar-refractivity contribution in [3.05, 3.63) is 298 Å². The lowest BCUT2D eigenvalue weighted by Crippen LogP contribution is -2.15. The van der Waals surface area contributed by atoms with Crippen molar-refractivity contribution < 1.29 is 0 Å². The minimum absolute atomic E-state index is 0.102. The van der Waals surface area contributed by atoms with E-state index in [2.05, 4.69) is 312 Å². The molecule has 0 fully saturated rings. The Morgan fingerprint density at radius 3 is 0.471 bits per heavy atom. The highest BCUT2D eigenvalue weighted by Crippen LogP contribution is 2.56. The third-order valence-corrected chi connectivity index (χ3v) is 21.9. The Bertz CT molecular complexity index is 4440. The van der Waals surface area contributed by atoms with Gasteiger partial charge in [-0.2, -0.15) is 0 Å². The summed E-state index contributed by atoms with van der Waals surface area (Å²) < 4.78 is 0. The van der Waals surface area contributed by atoms with Gasteiger partial charge in [0.2, 0.25) is 0 Å². The molecule has 418 valence electrons. The lowest BCUT2D eigenvalue weighted by Gasteiger charge is -2.24. The molecule has 0 aliphatic heterocycles. The molecule has 12 aromatic rings. The Labute approximate surface area is 514 Å². The zero-order chi connectivity index (χ0) is 59.3. The van der Waals surface area contributed by atoms with Crippen molar-refractivity contribution >= 4 is 0 Å². The van der Waals surface area contributed by atoms with Gasteiger partial charge in [-0.25, -0.2) is 0 Å². The zero-order valence-electron chi connectivity index (χ0n) is 51.6. The molecule has 5 aliphatic rings. The highest BCUT2D eigenvalue weighted by molar-refractivity contribution is 5.93. The van der Waals surface area contributed by atoms with E-state index in [1.165, 1.54) is 178 Å². The second kappa shape index (κ2) is 17.9. The maximum Gasteiger partial charge on any atom is 0.0159 e. The molecule has 0 spiro atoms. The SMILES string of the molecule is CC1(C)c2ccccc2-c2ccc(-c3cc(-c4ccc5c(c4)C(C)(C)c4ccccc4-5)cc(-c4ccc5c(c4)C(C)(C)c4cc(-c6cc(-c7ccc8c(c7)C(C)(C)c7ccccc7-8)cc(-c7ccc8c(c7)C(C)(C)c7ccccc7-8)c6)ccc4-5)c3)cc21. The fourth-order valence-corrected chi connectivity index (χ4v) is 16.9. The first kappa shape index (κ1) is 52.0. The maximum atomic E-state index is 2.52. The average Bonchev–Trinajstić information content (AvgIpc) is 1.81. The average molecular weight is 1120 g/mol. The van der Waals surface area contributed by atoms with Gasteiger partial charge in [0.15, 0.2) is 0 Å². The molecule has 0 bridgehead atoms. The van der Waals surface area contributed by atoms with E-state index in [1.54, 1.807) is 0 Å². The first-order chi connectivity index (χ1) is 41.8. The van der Waals surface area contributed by atoms with E-state index in [0.717, 1.165) is 0 Å². The Morgan fingerprint density at radius 1 is 0.138 bits per heavy atom. The second-order valence-corrected chi connectivity index (χ2v) is 28.5. The summed E-state index contributed by atoms with van der Waals surface area (Å²) in [7, 11) is 0. The molecule has 0 amide bonds. The van der Waals surface area contributed by atoms with Crippen molar-refractivity contribution in [1.29, 1.82) is 0 Å². The van der Waals surface area contributed by atoms with Crippen LogP contribution < -0.4 is 0 Å². The summed E-state index contributed by atoms with van der Waals surface area (Å²) >= 11 is 0. The third kappa shape index (κ3) is 7.37. The molecule has 12 aromatic carbocycles. The highest BCUT2D eigenvalue weighted by atomic mass is 14.4. The fraction of sp³-hybridized carbons (Fsp3) is 0.172. The largest absolute Gasteiger partial charge is 0.0619 e. The summed E-state index contributed by atoms with van der Waals surface area (Å²) in [6.45, 7) is 24.0. The van der Waals surface area contributed by atoms with E-state index in [-0.39, 0.29) is 27.1 Å². The molecule has 0 heterocycles. The number of fused-ring (bicyclic) bond motifs is 15. The molecule has 0 aromatic heterocycles. The molecule has 87 heavy (non-hydrogen) atoms. The molecule has 0 nitrogen and oxygen atoms in total. The normalized spacial score (nSPS) is 16.2. The Kier molecular flexibility index (Phi) is 10.7. The first-order valence-corrected chi connectivity index (χ1v) is 31.5. The standard InChI is InChI=1S/C87H70/c1-83(2)73-23-15-11-19-63(73)67-33-27-51(45-77(67)83)57-39-58(52-28-34-68-64-20-12-16-24-74(64)84(3,4)78(68)46-52)42-61(41-57)55-31-37-71-72-38-32-56(50-82(72)87(9,10)81(71)49-55)62-43-59(53-29-35-69-65-21-13-17-25-75(65)85(5,6)79(69)47-53)40-60(44-62)54-30-36-70-66-22-14-18-26-76(66)86(7,8)80(70)48-54/h11-50H,1-10H3. The van der Waals surface area contributed by atoms with Gasteiger partial charge in [-0.05, 0) is 251 Å². The predicted octanol–water partition coefficient (Wildman–Crippen LogP) is 23.2. The van der Waals surface area contributed by atoms with Gasteiger partial charge in [-0.3, -0.25) is 0 Å². The lowest BCUT2D eigenvalue weighted by molar-refractivity contribution is 0.660. The molecule has 17 rings (SSSR count). The summed E-state index contributed by atoms with van der Waals surface area (Å²) in [4.78, 5) is 0. The number of rotatable bonds is 6. The van der Waals surface area contributed by atoms with Crippen LogP contribution in [0.4, 0.5) is 0 Å². The molecule has 0 saturated carbocycles. The maximum absolute atomic E-state index is 2.52. The van der Waals surface area contributed by atoms with E-state index in [1.807, 2.05) is 0 Å². The number of hydrogen-bond donors (Lipinski definition) is 0. The van der Waals surface area contributed by atoms with Gasteiger partial charge in [-0.1, -0.05) is 239 Å². The first-order valence-electron chi connectivity index (χ1n) is 31.5. The van der Waals surface area contributed by atoms with Crippen LogP contribution in [0.5, 0.6) is 0 Å². The second-order valence-electron chi connectivity index (χ2n) is 28.5. The molecule has 0 atom stereocenters. The molecular formula is C87H70. The third-order valence-electron chi connectivity index (χ3n) is 21.9. The highest BCUT2D eigenvalue weighted by Gasteiger charge is 2.41. The van der Waals surface area contributed by atoms with Crippen molar-refractivity contribution in [3.63, 3.8) is 0 Å². The zero-order valence-corrected chi connectivity index (χ0v) is 51.6. The van der Waals surface area contributed by atoms with Gasteiger partial charge in [0.1, 0.15) is 0 Å². The van der Waals surface area contributed by atoms with Crippen molar-refractivity contribution in [1.82, 2.24) is 0 Å². The van der Waals surface area contributed by atoms with Crippen molar-refractivity contribution in [2.24, 2.45) is 0 Å². The van der Waals surface area contributed by atoms with Gasteiger partial charge >= 0.3 is 0 Å². The van der Waals surface area contributed by atoms with Gasteiger partial charge in [0.05, 0.1) is 0 Å². The van der Waals surface area contributed by atoms with Gasteiger partial charge in [0.25, 0.3) is 0 Å². The summed E-state index contributed by atoms with van der Waals surface area (Å²) in [5, 5.41) is 0. The lowest BCUT2D eigenvalue weighted by atomic mass is 9.80. The van der Waals surface area contributed by atoms with E-state index < -0.39 is 0 Å². The van der Waals surface area contributed by atoms with Crippen molar-refractivity contribution in [3.8, 4) is 122 Å². The minimum atomic E-state index is -0.264. The molecule has 0 saturated heterocycles. The molecule has 5 aliphatic carbocycles. The van der Waals surface area contributed by atoms with Crippen LogP contribution in [0.25, 0.3) is 122 Å². The van der Waals surface area contributed by atoms with Gasteiger partial charge < -0.3 is 0 Å². The molecule has 0 radical (unpaired) electrons. The topological polar surface area (TPSA) is 0 Å². The molecule has 0 heteroatoms. The van der Waals surface area contributed by atoms with Crippen LogP contribution >= 0.6 is 0 Å². The van der Waals surface area contributed by atoms with Crippen LogP contribution in [-0.2, 0) is 27.1 Å². The number of benzene rings is 12. The predicted molar refractivity (Wildman–Crippen MR) is 367 cm³/mol. The van der Waals surface area contributed by atoms with Crippen LogP contribution in [-0.4, -0.2) is 0 Å². The summed E-state index contributed by atoms with van der Waals surface area (Å²) in [5.74, 6) is 0. The van der Waals surface area contributed by atoms with E-state index >= 15 is 0 Å². The molecule has 0 unspecified atom stereocenters. The summed E-state index contributed by atoms with van der Waals surface area (Å²) in [6.07, 6.45) is 0. The Morgan fingerprint density at radius 2 is 0.287 bits per heavy atom. The Balaban J connectivity index is 0.780. The monoisotopic (exact) mass is 1110 g/mol. The van der Waals surface area contributed by atoms with E-state index in [9.17, 15) is 0 Å². The van der Waals surface area contributed by atoms with Gasteiger partial charge in [-0.15, -0.1) is 0 Å². The van der Waals surface area contributed by atoms with Crippen molar-refractivity contribution in [2.45, 2.75) is 96.3 Å². The van der Waals surface area contributed by atoms with Crippen LogP contribution in [0.2, 0.25) is 0 Å². The number of hydrogen-bond acceptors (Lipinski definition) is 0. The quantitative estimate of drug-likeness (QED) is 0.156. The van der Waals surface area contributed by atoms with Crippen LogP contribution in [0.1, 0.15) is 125 Å². The van der Waals surface area contributed by atoms with E-state index in [4.69, 9.17) is 0 Å². The fourth-order valence-electron chi connectivity index (χ4n) is 16.9.